The fraction of sp³-hybridized carbons (Fsp3) is 0.286. The van der Waals surface area contributed by atoms with Crippen LogP contribution < -0.4 is 10.6 Å². The zero-order valence-electron chi connectivity index (χ0n) is 16.6. The number of hydrogen-bond acceptors (Lipinski definition) is 6. The van der Waals surface area contributed by atoms with Crippen LogP contribution in [-0.4, -0.2) is 48.9 Å². The summed E-state index contributed by atoms with van der Waals surface area (Å²) in [5, 5.41) is 14.8. The number of carbonyl (C=O) groups excluding carboxylic acids is 3. The second-order valence-corrected chi connectivity index (χ2v) is 7.76. The van der Waals surface area contributed by atoms with E-state index in [9.17, 15) is 19.5 Å². The van der Waals surface area contributed by atoms with Crippen LogP contribution in [0.2, 0.25) is 5.02 Å². The van der Waals surface area contributed by atoms with Gasteiger partial charge in [0.05, 0.1) is 13.7 Å². The summed E-state index contributed by atoms with van der Waals surface area (Å²) in [4.78, 5) is 36.8. The van der Waals surface area contributed by atoms with E-state index < -0.39 is 36.7 Å². The van der Waals surface area contributed by atoms with Crippen molar-refractivity contribution in [3.63, 3.8) is 0 Å². The summed E-state index contributed by atoms with van der Waals surface area (Å²) in [6, 6.07) is 11.6. The summed E-state index contributed by atoms with van der Waals surface area (Å²) in [6.45, 7) is -0.693. The zero-order chi connectivity index (χ0) is 22.8. The third-order valence-corrected chi connectivity index (χ3v) is 5.25. The summed E-state index contributed by atoms with van der Waals surface area (Å²) in [5.41, 5.74) is 1.43. The average molecular weight is 514 g/mol. The minimum atomic E-state index is -1.32. The molecule has 0 aliphatic rings. The van der Waals surface area contributed by atoms with Crippen molar-refractivity contribution in [2.24, 2.45) is 0 Å². The van der Waals surface area contributed by atoms with Crippen LogP contribution in [0.5, 0.6) is 0 Å². The van der Waals surface area contributed by atoms with Crippen molar-refractivity contribution in [1.82, 2.24) is 10.6 Å². The molecular weight excluding hydrogens is 492 g/mol. The van der Waals surface area contributed by atoms with Crippen LogP contribution in [0, 0.1) is 0 Å². The Morgan fingerprint density at radius 2 is 1.81 bits per heavy atom. The van der Waals surface area contributed by atoms with Crippen molar-refractivity contribution in [3.05, 3.63) is 69.2 Å². The van der Waals surface area contributed by atoms with Gasteiger partial charge in [-0.2, -0.15) is 0 Å². The molecule has 2 aromatic carbocycles. The molecule has 166 valence electrons. The van der Waals surface area contributed by atoms with Gasteiger partial charge >= 0.3 is 12.1 Å². The highest BCUT2D eigenvalue weighted by atomic mass is 79.9. The van der Waals surface area contributed by atoms with Gasteiger partial charge in [0.15, 0.2) is 0 Å². The van der Waals surface area contributed by atoms with Gasteiger partial charge in [-0.15, -0.1) is 0 Å². The third-order valence-electron chi connectivity index (χ3n) is 4.24. The molecular formula is C21H22BrClN2O6. The van der Waals surface area contributed by atoms with Crippen molar-refractivity contribution in [1.29, 1.82) is 0 Å². The van der Waals surface area contributed by atoms with Crippen molar-refractivity contribution in [2.45, 2.75) is 25.1 Å². The summed E-state index contributed by atoms with van der Waals surface area (Å²) >= 11 is 9.38. The first-order valence-electron chi connectivity index (χ1n) is 9.24. The van der Waals surface area contributed by atoms with Gasteiger partial charge in [-0.3, -0.25) is 4.79 Å². The van der Waals surface area contributed by atoms with Crippen LogP contribution >= 0.6 is 27.5 Å². The summed E-state index contributed by atoms with van der Waals surface area (Å²) < 4.78 is 10.5. The highest BCUT2D eigenvalue weighted by Crippen LogP contribution is 2.22. The fourth-order valence-electron chi connectivity index (χ4n) is 2.63. The predicted molar refractivity (Wildman–Crippen MR) is 117 cm³/mol. The van der Waals surface area contributed by atoms with Gasteiger partial charge < -0.3 is 25.2 Å². The number of benzene rings is 2. The molecule has 2 rings (SSSR count). The highest BCUT2D eigenvalue weighted by Gasteiger charge is 2.28. The van der Waals surface area contributed by atoms with Gasteiger partial charge in [-0.1, -0.05) is 57.9 Å². The molecule has 0 unspecified atom stereocenters. The van der Waals surface area contributed by atoms with Crippen LogP contribution in [0.4, 0.5) is 4.79 Å². The number of esters is 1. The van der Waals surface area contributed by atoms with Crippen molar-refractivity contribution in [3.8, 4) is 0 Å². The monoisotopic (exact) mass is 512 g/mol. The van der Waals surface area contributed by atoms with E-state index in [0.717, 1.165) is 5.56 Å². The molecule has 0 saturated heterocycles. The van der Waals surface area contributed by atoms with Gasteiger partial charge in [0.1, 0.15) is 18.7 Å². The second kappa shape index (κ2) is 12.3. The Morgan fingerprint density at radius 1 is 1.10 bits per heavy atom. The molecule has 2 aromatic rings. The molecule has 0 bridgehead atoms. The summed E-state index contributed by atoms with van der Waals surface area (Å²) in [6.07, 6.45) is -0.804. The van der Waals surface area contributed by atoms with E-state index in [4.69, 9.17) is 21.1 Å². The van der Waals surface area contributed by atoms with E-state index in [0.29, 0.717) is 15.1 Å². The maximum absolute atomic E-state index is 12.6. The lowest BCUT2D eigenvalue weighted by atomic mass is 10.1. The van der Waals surface area contributed by atoms with E-state index >= 15 is 0 Å². The summed E-state index contributed by atoms with van der Waals surface area (Å²) in [7, 11) is 1.19. The first-order valence-corrected chi connectivity index (χ1v) is 10.4. The molecule has 8 nitrogen and oxygen atoms in total. The number of nitrogens with one attached hydrogen (secondary N) is 2. The Bertz CT molecular complexity index is 912. The second-order valence-electron chi connectivity index (χ2n) is 6.47. The molecule has 0 saturated carbocycles. The van der Waals surface area contributed by atoms with Crippen LogP contribution in [0.3, 0.4) is 0 Å². The van der Waals surface area contributed by atoms with Gasteiger partial charge in [0.2, 0.25) is 5.91 Å². The van der Waals surface area contributed by atoms with Gasteiger partial charge in [-0.25, -0.2) is 9.59 Å². The molecule has 2 atom stereocenters. The van der Waals surface area contributed by atoms with Crippen molar-refractivity contribution < 1.29 is 29.0 Å². The number of hydrogen-bond donors (Lipinski definition) is 3. The van der Waals surface area contributed by atoms with Crippen molar-refractivity contribution in [2.75, 3.05) is 13.7 Å². The van der Waals surface area contributed by atoms with E-state index in [1.54, 1.807) is 42.5 Å². The maximum Gasteiger partial charge on any atom is 0.408 e. The number of halogens is 2. The molecule has 0 heterocycles. The number of alkyl carbamates (subject to hydrolysis) is 1. The maximum atomic E-state index is 12.6. The Hall–Kier alpha value is -2.62. The SMILES string of the molecule is COC(=O)[C@@H](Cc1cc(Cl)ccc1Br)NC(=O)[C@H](CO)NC(=O)OCc1ccccc1. The molecule has 2 amide bonds. The standard InChI is InChI=1S/C21H22BrClN2O6/c1-30-20(28)17(10-14-9-15(23)7-8-16(14)22)24-19(27)18(11-26)25-21(29)31-12-13-5-3-2-4-6-13/h2-9,17-18,26H,10-12H2,1H3,(H,24,27)(H,25,29)/t17-,18+/m1/s1. The lowest BCUT2D eigenvalue weighted by Gasteiger charge is -2.21. The Balaban J connectivity index is 2.00. The van der Waals surface area contributed by atoms with E-state index in [2.05, 4.69) is 26.6 Å². The number of aliphatic hydroxyl groups excluding tert-OH is 1. The van der Waals surface area contributed by atoms with Gasteiger partial charge in [0, 0.05) is 15.9 Å². The average Bonchev–Trinajstić information content (AvgIpc) is 2.77. The van der Waals surface area contributed by atoms with E-state index in [1.807, 2.05) is 6.07 Å². The Labute approximate surface area is 193 Å². The van der Waals surface area contributed by atoms with Gasteiger partial charge in [0.25, 0.3) is 0 Å². The molecule has 0 aromatic heterocycles. The quantitative estimate of drug-likeness (QED) is 0.444. The first kappa shape index (κ1) is 24.6. The normalized spacial score (nSPS) is 12.4. The predicted octanol–water partition coefficient (Wildman–Crippen LogP) is 2.59. The van der Waals surface area contributed by atoms with Crippen LogP contribution in [0.25, 0.3) is 0 Å². The summed E-state index contributed by atoms with van der Waals surface area (Å²) in [5.74, 6) is -1.46. The number of amides is 2. The third kappa shape index (κ3) is 7.86. The minimum absolute atomic E-state index is 0.0000198. The van der Waals surface area contributed by atoms with Gasteiger partial charge in [-0.05, 0) is 29.3 Å². The lowest BCUT2D eigenvalue weighted by Crippen LogP contribution is -2.54. The topological polar surface area (TPSA) is 114 Å². The van der Waals surface area contributed by atoms with E-state index in [-0.39, 0.29) is 13.0 Å². The van der Waals surface area contributed by atoms with Crippen LogP contribution in [0.15, 0.2) is 53.0 Å². The number of ether oxygens (including phenoxy) is 2. The number of aliphatic hydroxyl groups is 1. The zero-order valence-corrected chi connectivity index (χ0v) is 19.0. The molecule has 31 heavy (non-hydrogen) atoms. The molecule has 3 N–H and O–H groups in total. The molecule has 0 aliphatic heterocycles. The van der Waals surface area contributed by atoms with Crippen LogP contribution in [0.1, 0.15) is 11.1 Å². The fourth-order valence-corrected chi connectivity index (χ4v) is 3.23. The minimum Gasteiger partial charge on any atom is -0.467 e. The number of carbonyl (C=O) groups is 3. The van der Waals surface area contributed by atoms with E-state index in [1.165, 1.54) is 7.11 Å². The first-order chi connectivity index (χ1) is 14.8. The van der Waals surface area contributed by atoms with Crippen LogP contribution in [-0.2, 0) is 32.1 Å². The molecule has 0 spiro atoms. The highest BCUT2D eigenvalue weighted by molar-refractivity contribution is 9.10. The molecule has 10 heteroatoms. The molecule has 0 fully saturated rings. The lowest BCUT2D eigenvalue weighted by molar-refractivity contribution is -0.145. The number of methoxy groups -OCH3 is 1. The Morgan fingerprint density at radius 3 is 2.45 bits per heavy atom. The Kier molecular flexibility index (Phi) is 9.77. The van der Waals surface area contributed by atoms with Crippen molar-refractivity contribution >= 4 is 45.5 Å². The molecule has 0 radical (unpaired) electrons. The smallest absolute Gasteiger partial charge is 0.408 e. The largest absolute Gasteiger partial charge is 0.467 e. The molecule has 0 aliphatic carbocycles. The number of rotatable bonds is 9.